The van der Waals surface area contributed by atoms with Crippen LogP contribution in [-0.2, 0) is 15.0 Å². The van der Waals surface area contributed by atoms with Gasteiger partial charge >= 0.3 is 16.2 Å². The number of benzene rings is 1. The number of hydrogen-bond acceptors (Lipinski definition) is 4. The Kier molecular flexibility index (Phi) is 3.64. The van der Waals surface area contributed by atoms with Crippen LogP contribution in [-0.4, -0.2) is 14.4 Å². The Bertz CT molecular complexity index is 476. The van der Waals surface area contributed by atoms with Crippen molar-refractivity contribution < 1.29 is 21.8 Å². The van der Waals surface area contributed by atoms with Gasteiger partial charge in [-0.2, -0.15) is 8.42 Å². The Morgan fingerprint density at radius 2 is 1.75 bits per heavy atom. The molecule has 0 aliphatic heterocycles. The lowest BCUT2D eigenvalue weighted by Gasteiger charge is -2.06. The molecule has 1 aromatic carbocycles. The van der Waals surface area contributed by atoms with E-state index in [1.165, 1.54) is 12.1 Å². The maximum absolute atomic E-state index is 12.5. The van der Waals surface area contributed by atoms with Gasteiger partial charge < -0.3 is 4.74 Å². The van der Waals surface area contributed by atoms with Crippen molar-refractivity contribution in [1.82, 2.24) is 0 Å². The molecule has 0 aromatic heterocycles. The number of rotatable bonds is 3. The van der Waals surface area contributed by atoms with Gasteiger partial charge in [-0.05, 0) is 24.3 Å². The first kappa shape index (κ1) is 12.6. The van der Waals surface area contributed by atoms with Crippen LogP contribution in [0.1, 0.15) is 13.8 Å². The number of esters is 1. The summed E-state index contributed by atoms with van der Waals surface area (Å²) in [7, 11) is -4.70. The van der Waals surface area contributed by atoms with Crippen molar-refractivity contribution in [3.8, 4) is 5.75 Å². The fourth-order valence-corrected chi connectivity index (χ4v) is 1.37. The Labute approximate surface area is 93.3 Å². The second-order valence-electron chi connectivity index (χ2n) is 3.49. The molecule has 0 unspecified atom stereocenters. The number of ether oxygens (including phenoxy) is 1. The van der Waals surface area contributed by atoms with Crippen LogP contribution in [0, 0.1) is 5.92 Å². The molecule has 0 radical (unpaired) electrons. The molecule has 0 atom stereocenters. The summed E-state index contributed by atoms with van der Waals surface area (Å²) in [6, 6.07) is 4.54. The summed E-state index contributed by atoms with van der Waals surface area (Å²) in [5.74, 6) is -0.536. The number of halogens is 1. The Morgan fingerprint density at radius 1 is 1.25 bits per heavy atom. The number of carbonyl (C=O) groups is 1. The van der Waals surface area contributed by atoms with Gasteiger partial charge in [0, 0.05) is 0 Å². The van der Waals surface area contributed by atoms with Crippen LogP contribution in [0.25, 0.3) is 0 Å². The minimum Gasteiger partial charge on any atom is -0.426 e. The van der Waals surface area contributed by atoms with Crippen molar-refractivity contribution in [1.29, 1.82) is 0 Å². The molecule has 0 heterocycles. The second-order valence-corrected chi connectivity index (χ2v) is 4.83. The number of carbonyl (C=O) groups excluding carboxylic acids is 1. The normalized spacial score (nSPS) is 11.5. The quantitative estimate of drug-likeness (QED) is 0.464. The standard InChI is InChI=1S/C10H11FO4S/c1-7(2)10(12)15-8-3-5-9(6-4-8)16(11,13)14/h3-7H,1-2H3. The topological polar surface area (TPSA) is 60.4 Å². The van der Waals surface area contributed by atoms with Crippen molar-refractivity contribution in [2.45, 2.75) is 18.7 Å². The molecule has 1 aromatic rings. The van der Waals surface area contributed by atoms with Gasteiger partial charge in [-0.15, -0.1) is 3.89 Å². The van der Waals surface area contributed by atoms with Crippen LogP contribution in [0.2, 0.25) is 0 Å². The highest BCUT2D eigenvalue weighted by Gasteiger charge is 2.13. The first-order valence-corrected chi connectivity index (χ1v) is 5.95. The molecular formula is C10H11FO4S. The average molecular weight is 246 g/mol. The summed E-state index contributed by atoms with van der Waals surface area (Å²) in [6.07, 6.45) is 0. The molecule has 0 aliphatic carbocycles. The van der Waals surface area contributed by atoms with Crippen molar-refractivity contribution in [3.63, 3.8) is 0 Å². The van der Waals surface area contributed by atoms with E-state index in [9.17, 15) is 17.1 Å². The van der Waals surface area contributed by atoms with E-state index >= 15 is 0 Å². The van der Waals surface area contributed by atoms with Crippen LogP contribution in [0.15, 0.2) is 29.2 Å². The molecule has 0 saturated carbocycles. The van der Waals surface area contributed by atoms with Gasteiger partial charge in [0.25, 0.3) is 0 Å². The van der Waals surface area contributed by atoms with E-state index in [0.717, 1.165) is 12.1 Å². The van der Waals surface area contributed by atoms with Crippen LogP contribution in [0.3, 0.4) is 0 Å². The highest BCUT2D eigenvalue weighted by molar-refractivity contribution is 7.86. The van der Waals surface area contributed by atoms with E-state index in [1.54, 1.807) is 13.8 Å². The van der Waals surface area contributed by atoms with Gasteiger partial charge in [0.05, 0.1) is 10.8 Å². The molecule has 4 nitrogen and oxygen atoms in total. The molecule has 0 amide bonds. The molecule has 6 heteroatoms. The minimum atomic E-state index is -4.70. The van der Waals surface area contributed by atoms with Crippen molar-refractivity contribution >= 4 is 16.2 Å². The number of hydrogen-bond donors (Lipinski definition) is 0. The van der Waals surface area contributed by atoms with Gasteiger partial charge in [0.15, 0.2) is 0 Å². The van der Waals surface area contributed by atoms with Gasteiger partial charge in [-0.3, -0.25) is 4.79 Å². The first-order valence-electron chi connectivity index (χ1n) is 4.57. The third kappa shape index (κ3) is 3.30. The maximum atomic E-state index is 12.5. The van der Waals surface area contributed by atoms with E-state index < -0.39 is 21.1 Å². The molecule has 0 aliphatic rings. The smallest absolute Gasteiger partial charge is 0.332 e. The monoisotopic (exact) mass is 246 g/mol. The molecule has 0 fully saturated rings. The lowest BCUT2D eigenvalue weighted by Crippen LogP contribution is -2.14. The van der Waals surface area contributed by atoms with Gasteiger partial charge in [-0.25, -0.2) is 0 Å². The van der Waals surface area contributed by atoms with Gasteiger partial charge in [0.1, 0.15) is 5.75 Å². The van der Waals surface area contributed by atoms with Crippen molar-refractivity contribution in [2.24, 2.45) is 5.92 Å². The van der Waals surface area contributed by atoms with Gasteiger partial charge in [0.2, 0.25) is 0 Å². The van der Waals surface area contributed by atoms with Crippen LogP contribution < -0.4 is 4.74 Å². The third-order valence-electron chi connectivity index (χ3n) is 1.80. The lowest BCUT2D eigenvalue weighted by molar-refractivity contribution is -0.137. The van der Waals surface area contributed by atoms with E-state index in [-0.39, 0.29) is 11.7 Å². The predicted molar refractivity (Wildman–Crippen MR) is 55.2 cm³/mol. The summed E-state index contributed by atoms with van der Waals surface area (Å²) < 4.78 is 38.4. The maximum Gasteiger partial charge on any atom is 0.332 e. The van der Waals surface area contributed by atoms with Crippen molar-refractivity contribution in [2.75, 3.05) is 0 Å². The molecular weight excluding hydrogens is 235 g/mol. The molecule has 0 saturated heterocycles. The van der Waals surface area contributed by atoms with Crippen LogP contribution in [0.4, 0.5) is 3.89 Å². The molecule has 88 valence electrons. The summed E-state index contributed by atoms with van der Waals surface area (Å²) in [5.41, 5.74) is 0. The summed E-state index contributed by atoms with van der Waals surface area (Å²) in [4.78, 5) is 10.7. The van der Waals surface area contributed by atoms with E-state index in [1.807, 2.05) is 0 Å². The molecule has 0 N–H and O–H groups in total. The third-order valence-corrected chi connectivity index (χ3v) is 2.63. The zero-order valence-electron chi connectivity index (χ0n) is 8.81. The fourth-order valence-electron chi connectivity index (χ4n) is 0.904. The first-order chi connectivity index (χ1) is 7.30. The lowest BCUT2D eigenvalue weighted by atomic mass is 10.2. The fraction of sp³-hybridized carbons (Fsp3) is 0.300. The van der Waals surface area contributed by atoms with Crippen LogP contribution >= 0.6 is 0 Å². The highest BCUT2D eigenvalue weighted by atomic mass is 32.3. The highest BCUT2D eigenvalue weighted by Crippen LogP contribution is 2.18. The molecule has 1 rings (SSSR count). The molecule has 16 heavy (non-hydrogen) atoms. The van der Waals surface area contributed by atoms with Crippen LogP contribution in [0.5, 0.6) is 5.75 Å². The summed E-state index contributed by atoms with van der Waals surface area (Å²) >= 11 is 0. The summed E-state index contributed by atoms with van der Waals surface area (Å²) in [6.45, 7) is 3.34. The van der Waals surface area contributed by atoms with E-state index in [2.05, 4.69) is 0 Å². The Balaban J connectivity index is 2.84. The van der Waals surface area contributed by atoms with Crippen molar-refractivity contribution in [3.05, 3.63) is 24.3 Å². The summed E-state index contributed by atoms with van der Waals surface area (Å²) in [5, 5.41) is 0. The van der Waals surface area contributed by atoms with E-state index in [0.29, 0.717) is 0 Å². The minimum absolute atomic E-state index is 0.186. The SMILES string of the molecule is CC(C)C(=O)Oc1ccc(S(=O)(=O)F)cc1. The Hall–Kier alpha value is -1.43. The zero-order chi connectivity index (χ0) is 12.3. The average Bonchev–Trinajstić information content (AvgIpc) is 2.17. The molecule has 0 spiro atoms. The predicted octanol–water partition coefficient (Wildman–Crippen LogP) is 1.91. The largest absolute Gasteiger partial charge is 0.426 e. The zero-order valence-corrected chi connectivity index (χ0v) is 9.62. The van der Waals surface area contributed by atoms with E-state index in [4.69, 9.17) is 4.74 Å². The van der Waals surface area contributed by atoms with Gasteiger partial charge in [-0.1, -0.05) is 13.8 Å². The Morgan fingerprint density at radius 3 is 2.12 bits per heavy atom. The second kappa shape index (κ2) is 4.61. The molecule has 0 bridgehead atoms.